The minimum absolute atomic E-state index is 0.557. The van der Waals surface area contributed by atoms with E-state index < -0.39 is 5.97 Å². The lowest BCUT2D eigenvalue weighted by Gasteiger charge is -2.11. The van der Waals surface area contributed by atoms with Gasteiger partial charge in [-0.25, -0.2) is 4.79 Å². The summed E-state index contributed by atoms with van der Waals surface area (Å²) >= 11 is 6.84. The summed E-state index contributed by atoms with van der Waals surface area (Å²) in [7, 11) is 0. The quantitative estimate of drug-likeness (QED) is 0.520. The van der Waals surface area contributed by atoms with Crippen LogP contribution in [0.1, 0.15) is 18.9 Å². The van der Waals surface area contributed by atoms with E-state index in [0.717, 1.165) is 27.0 Å². The summed E-state index contributed by atoms with van der Waals surface area (Å²) in [5.74, 6) is -0.275. The van der Waals surface area contributed by atoms with Gasteiger partial charge in [0.2, 0.25) is 0 Å². The third-order valence-electron chi connectivity index (χ3n) is 2.32. The van der Waals surface area contributed by atoms with E-state index in [1.54, 1.807) is 0 Å². The Balaban J connectivity index is 2.66. The van der Waals surface area contributed by atoms with Gasteiger partial charge in [0, 0.05) is 25.7 Å². The predicted octanol–water partition coefficient (Wildman–Crippen LogP) is 4.11. The maximum atomic E-state index is 10.5. The fourth-order valence-corrected chi connectivity index (χ4v) is 2.91. The fraction of sp³-hybridized carbons (Fsp3) is 0.357. The zero-order valence-electron chi connectivity index (χ0n) is 11.1. The molecule has 0 saturated carbocycles. The molecule has 0 radical (unpaired) electrons. The molecule has 0 aliphatic heterocycles. The van der Waals surface area contributed by atoms with Gasteiger partial charge in [-0.3, -0.25) is 0 Å². The smallest absolute Gasteiger partial charge is 0.328 e. The van der Waals surface area contributed by atoms with Crippen LogP contribution in [0.5, 0.6) is 5.75 Å². The predicted molar refractivity (Wildman–Crippen MR) is 85.1 cm³/mol. The van der Waals surface area contributed by atoms with Gasteiger partial charge in [0.25, 0.3) is 0 Å². The molecule has 1 aromatic rings. The van der Waals surface area contributed by atoms with Gasteiger partial charge in [-0.05, 0) is 62.6 Å². The van der Waals surface area contributed by atoms with E-state index in [1.807, 2.05) is 19.1 Å². The fourth-order valence-electron chi connectivity index (χ4n) is 1.46. The van der Waals surface area contributed by atoms with Gasteiger partial charge in [-0.1, -0.05) is 0 Å². The Bertz CT molecular complexity index is 463. The number of rotatable bonds is 8. The van der Waals surface area contributed by atoms with Gasteiger partial charge in [-0.2, -0.15) is 0 Å². The lowest BCUT2D eigenvalue weighted by Crippen LogP contribution is -2.03. The number of benzene rings is 1. The molecule has 0 amide bonds. The van der Waals surface area contributed by atoms with Gasteiger partial charge in [0.1, 0.15) is 5.75 Å². The second kappa shape index (κ2) is 9.15. The monoisotopic (exact) mass is 406 g/mol. The summed E-state index contributed by atoms with van der Waals surface area (Å²) in [5.41, 5.74) is 0.771. The molecule has 0 spiro atoms. The number of aliphatic carboxylic acids is 1. The zero-order chi connectivity index (χ0) is 15.0. The molecule has 0 atom stereocenters. The second-order valence-electron chi connectivity index (χ2n) is 3.88. The van der Waals surface area contributed by atoms with E-state index in [2.05, 4.69) is 31.9 Å². The molecule has 1 rings (SSSR count). The Morgan fingerprint density at radius 1 is 1.30 bits per heavy atom. The van der Waals surface area contributed by atoms with E-state index in [0.29, 0.717) is 25.6 Å². The number of carbonyl (C=O) groups is 1. The number of hydrogen-bond acceptors (Lipinski definition) is 3. The van der Waals surface area contributed by atoms with Crippen LogP contribution >= 0.6 is 31.9 Å². The lowest BCUT2D eigenvalue weighted by molar-refractivity contribution is -0.131. The number of ether oxygens (including phenoxy) is 2. The highest BCUT2D eigenvalue weighted by Crippen LogP contribution is 2.35. The van der Waals surface area contributed by atoms with Gasteiger partial charge in [0.05, 0.1) is 15.6 Å². The summed E-state index contributed by atoms with van der Waals surface area (Å²) in [4.78, 5) is 10.5. The number of halogens is 2. The third-order valence-corrected chi connectivity index (χ3v) is 3.50. The first kappa shape index (κ1) is 17.2. The normalized spacial score (nSPS) is 10.9. The minimum Gasteiger partial charge on any atom is -0.491 e. The number of carboxylic acid groups (broad SMARTS) is 1. The van der Waals surface area contributed by atoms with Crippen LogP contribution in [0.4, 0.5) is 0 Å². The Kier molecular flexibility index (Phi) is 7.87. The molecule has 1 N–H and O–H groups in total. The van der Waals surface area contributed by atoms with E-state index >= 15 is 0 Å². The van der Waals surface area contributed by atoms with Crippen LogP contribution < -0.4 is 4.74 Å². The molecule has 6 heteroatoms. The van der Waals surface area contributed by atoms with Gasteiger partial charge in [-0.15, -0.1) is 0 Å². The van der Waals surface area contributed by atoms with Crippen LogP contribution in [0, 0.1) is 0 Å². The van der Waals surface area contributed by atoms with Crippen molar-refractivity contribution in [2.24, 2.45) is 0 Å². The molecule has 0 heterocycles. The van der Waals surface area contributed by atoms with Crippen molar-refractivity contribution in [3.63, 3.8) is 0 Å². The Morgan fingerprint density at radius 2 is 1.95 bits per heavy atom. The molecule has 1 aromatic carbocycles. The summed E-state index contributed by atoms with van der Waals surface area (Å²) < 4.78 is 12.5. The average molecular weight is 408 g/mol. The highest BCUT2D eigenvalue weighted by atomic mass is 79.9. The first-order valence-corrected chi connectivity index (χ1v) is 7.73. The molecule has 110 valence electrons. The molecule has 20 heavy (non-hydrogen) atoms. The SMILES string of the molecule is CCOCCCOc1c(Br)cc(/C=C/C(=O)O)cc1Br. The van der Waals surface area contributed by atoms with Crippen molar-refractivity contribution >= 4 is 43.9 Å². The maximum absolute atomic E-state index is 10.5. The standard InChI is InChI=1S/C14H16Br2O4/c1-2-19-6-3-7-20-14-11(15)8-10(9-12(14)16)4-5-13(17)18/h4-5,8-9H,2-3,6-7H2,1H3,(H,17,18)/b5-4+. The highest BCUT2D eigenvalue weighted by Gasteiger charge is 2.08. The van der Waals surface area contributed by atoms with Gasteiger partial charge >= 0.3 is 5.97 Å². The summed E-state index contributed by atoms with van der Waals surface area (Å²) in [5, 5.41) is 8.61. The van der Waals surface area contributed by atoms with Crippen LogP contribution in [0.2, 0.25) is 0 Å². The largest absolute Gasteiger partial charge is 0.491 e. The molecule has 0 aliphatic rings. The Hall–Kier alpha value is -0.850. The van der Waals surface area contributed by atoms with E-state index in [1.165, 1.54) is 6.08 Å². The molecule has 0 fully saturated rings. The third kappa shape index (κ3) is 6.07. The molecular weight excluding hydrogens is 392 g/mol. The van der Waals surface area contributed by atoms with Crippen molar-refractivity contribution in [3.8, 4) is 5.75 Å². The highest BCUT2D eigenvalue weighted by molar-refractivity contribution is 9.11. The van der Waals surface area contributed by atoms with Crippen molar-refractivity contribution in [1.29, 1.82) is 0 Å². The summed E-state index contributed by atoms with van der Waals surface area (Å²) in [6.45, 7) is 3.89. The maximum Gasteiger partial charge on any atom is 0.328 e. The molecule has 4 nitrogen and oxygen atoms in total. The van der Waals surface area contributed by atoms with Crippen LogP contribution in [-0.2, 0) is 9.53 Å². The van der Waals surface area contributed by atoms with Crippen molar-refractivity contribution in [1.82, 2.24) is 0 Å². The molecule has 0 unspecified atom stereocenters. The van der Waals surface area contributed by atoms with Crippen LogP contribution in [0.25, 0.3) is 6.08 Å². The lowest BCUT2D eigenvalue weighted by atomic mass is 10.2. The van der Waals surface area contributed by atoms with Crippen LogP contribution in [0.15, 0.2) is 27.2 Å². The minimum atomic E-state index is -0.978. The van der Waals surface area contributed by atoms with Crippen LogP contribution in [0.3, 0.4) is 0 Å². The Morgan fingerprint density at radius 3 is 2.50 bits per heavy atom. The Labute approximate surface area is 135 Å². The zero-order valence-corrected chi connectivity index (χ0v) is 14.2. The van der Waals surface area contributed by atoms with Gasteiger partial charge < -0.3 is 14.6 Å². The van der Waals surface area contributed by atoms with Crippen LogP contribution in [-0.4, -0.2) is 30.9 Å². The topological polar surface area (TPSA) is 55.8 Å². The summed E-state index contributed by atoms with van der Waals surface area (Å²) in [6.07, 6.45) is 3.43. The first-order valence-electron chi connectivity index (χ1n) is 6.15. The first-order chi connectivity index (χ1) is 9.54. The number of hydrogen-bond donors (Lipinski definition) is 1. The average Bonchev–Trinajstić information content (AvgIpc) is 2.38. The van der Waals surface area contributed by atoms with E-state index in [4.69, 9.17) is 14.6 Å². The van der Waals surface area contributed by atoms with Crippen molar-refractivity contribution in [2.75, 3.05) is 19.8 Å². The molecule has 0 bridgehead atoms. The second-order valence-corrected chi connectivity index (χ2v) is 5.59. The van der Waals surface area contributed by atoms with Crippen molar-refractivity contribution in [3.05, 3.63) is 32.7 Å². The molecular formula is C14H16Br2O4. The molecule has 0 saturated heterocycles. The number of carboxylic acids is 1. The molecule has 0 aromatic heterocycles. The van der Waals surface area contributed by atoms with Gasteiger partial charge in [0.15, 0.2) is 0 Å². The summed E-state index contributed by atoms with van der Waals surface area (Å²) in [6, 6.07) is 3.62. The van der Waals surface area contributed by atoms with Crippen molar-refractivity contribution in [2.45, 2.75) is 13.3 Å². The van der Waals surface area contributed by atoms with E-state index in [-0.39, 0.29) is 0 Å². The molecule has 0 aliphatic carbocycles. The van der Waals surface area contributed by atoms with Crippen molar-refractivity contribution < 1.29 is 19.4 Å². The van der Waals surface area contributed by atoms with E-state index in [9.17, 15) is 4.79 Å².